The molecule has 0 rings (SSSR count). The average molecular weight is 235 g/mol. The van der Waals surface area contributed by atoms with Crippen LogP contribution in [-0.4, -0.2) is 37.1 Å². The zero-order chi connectivity index (χ0) is 12.8. The molecule has 0 saturated heterocycles. The topological polar surface area (TPSA) is 132 Å². The van der Waals surface area contributed by atoms with Gasteiger partial charge in [-0.3, -0.25) is 10.9 Å². The fraction of sp³-hybridized carbons (Fsp3) is 0.714. The lowest BCUT2D eigenvalue weighted by atomic mass is 10.3. The number of carbonyl (C=O) groups excluding carboxylic acids is 2. The summed E-state index contributed by atoms with van der Waals surface area (Å²) >= 11 is 0. The predicted molar refractivity (Wildman–Crippen MR) is 54.3 cm³/mol. The van der Waals surface area contributed by atoms with Crippen LogP contribution < -0.4 is 22.5 Å². The van der Waals surface area contributed by atoms with Gasteiger partial charge in [0.15, 0.2) is 0 Å². The molecule has 0 saturated carbocycles. The van der Waals surface area contributed by atoms with E-state index in [2.05, 4.69) is 0 Å². The molecule has 0 bridgehead atoms. The Morgan fingerprint density at radius 2 is 1.56 bits per heavy atom. The van der Waals surface area contributed by atoms with Crippen LogP contribution in [0.3, 0.4) is 0 Å². The van der Waals surface area contributed by atoms with E-state index in [-0.39, 0.29) is 6.42 Å². The highest BCUT2D eigenvalue weighted by Gasteiger charge is 2.39. The van der Waals surface area contributed by atoms with Gasteiger partial charge >= 0.3 is 18.1 Å². The Balaban J connectivity index is 4.84. The number of hydrogen-bond donors (Lipinski definition) is 4. The first kappa shape index (κ1) is 14.4. The molecular weight excluding hydrogens is 218 g/mol. The maximum atomic E-state index is 11.0. The number of nitrogens with one attached hydrogen (secondary N) is 2. The van der Waals surface area contributed by atoms with Gasteiger partial charge in [0.05, 0.1) is 0 Å². The maximum Gasteiger partial charge on any atom is 0.425 e. The summed E-state index contributed by atoms with van der Waals surface area (Å²) in [5.41, 5.74) is 3.54. The standard InChI is InChI=1S/C7H17N5O4/c1-4-7(12(2)3,15-5(13)10-8)16-6(14)11-9/h4,8-9H2,1-3H3,(H,10,13)(H,11,14). The molecule has 94 valence electrons. The van der Waals surface area contributed by atoms with Gasteiger partial charge in [-0.25, -0.2) is 26.2 Å². The van der Waals surface area contributed by atoms with Crippen molar-refractivity contribution in [3.63, 3.8) is 0 Å². The summed E-state index contributed by atoms with van der Waals surface area (Å²) in [5, 5.41) is 0. The van der Waals surface area contributed by atoms with E-state index in [0.29, 0.717) is 0 Å². The molecule has 0 atom stereocenters. The molecule has 0 radical (unpaired) electrons. The Hall–Kier alpha value is -1.58. The minimum Gasteiger partial charge on any atom is -0.391 e. The first-order chi connectivity index (χ1) is 7.41. The molecule has 6 N–H and O–H groups in total. The summed E-state index contributed by atoms with van der Waals surface area (Å²) in [6, 6.07) is 0. The van der Waals surface area contributed by atoms with Gasteiger partial charge in [0.1, 0.15) is 0 Å². The molecule has 9 heteroatoms. The van der Waals surface area contributed by atoms with Crippen LogP contribution in [0.1, 0.15) is 13.3 Å². The van der Waals surface area contributed by atoms with Crippen LogP contribution in [0.5, 0.6) is 0 Å². The summed E-state index contributed by atoms with van der Waals surface area (Å²) < 4.78 is 9.77. The molecule has 0 aromatic heterocycles. The van der Waals surface area contributed by atoms with Gasteiger partial charge in [-0.2, -0.15) is 0 Å². The quantitative estimate of drug-likeness (QED) is 0.208. The zero-order valence-electron chi connectivity index (χ0n) is 9.44. The van der Waals surface area contributed by atoms with Gasteiger partial charge in [-0.15, -0.1) is 0 Å². The molecule has 16 heavy (non-hydrogen) atoms. The number of rotatable bonds is 4. The second-order valence-electron chi connectivity index (χ2n) is 3.03. The molecule has 0 heterocycles. The SMILES string of the molecule is CCC(OC(=O)NN)(OC(=O)NN)N(C)C. The Labute approximate surface area is 93.0 Å². The number of carbonyl (C=O) groups is 2. The number of hydrazine groups is 2. The highest BCUT2D eigenvalue weighted by atomic mass is 16.8. The third kappa shape index (κ3) is 3.53. The van der Waals surface area contributed by atoms with Crippen LogP contribution >= 0.6 is 0 Å². The van der Waals surface area contributed by atoms with Crippen LogP contribution in [0.4, 0.5) is 9.59 Å². The smallest absolute Gasteiger partial charge is 0.391 e. The Bertz CT molecular complexity index is 239. The number of hydrogen-bond acceptors (Lipinski definition) is 7. The first-order valence-corrected chi connectivity index (χ1v) is 4.48. The first-order valence-electron chi connectivity index (χ1n) is 4.48. The summed E-state index contributed by atoms with van der Waals surface area (Å²) in [7, 11) is 3.13. The molecule has 0 unspecified atom stereocenters. The van der Waals surface area contributed by atoms with Crippen LogP contribution in [0.15, 0.2) is 0 Å². The zero-order valence-corrected chi connectivity index (χ0v) is 9.44. The molecule has 0 aliphatic carbocycles. The van der Waals surface area contributed by atoms with Crippen LogP contribution in [0.2, 0.25) is 0 Å². The van der Waals surface area contributed by atoms with E-state index in [4.69, 9.17) is 21.2 Å². The molecule has 0 spiro atoms. The van der Waals surface area contributed by atoms with Crippen LogP contribution in [0.25, 0.3) is 0 Å². The van der Waals surface area contributed by atoms with Crippen molar-refractivity contribution < 1.29 is 19.1 Å². The highest BCUT2D eigenvalue weighted by Crippen LogP contribution is 2.20. The Morgan fingerprint density at radius 1 is 1.19 bits per heavy atom. The number of ether oxygens (including phenoxy) is 2. The Kier molecular flexibility index (Phi) is 5.50. The highest BCUT2D eigenvalue weighted by molar-refractivity contribution is 5.69. The van der Waals surface area contributed by atoms with E-state index in [1.807, 2.05) is 0 Å². The van der Waals surface area contributed by atoms with Gasteiger partial charge in [0.25, 0.3) is 0 Å². The summed E-state index contributed by atoms with van der Waals surface area (Å²) in [6.07, 6.45) is -1.67. The largest absolute Gasteiger partial charge is 0.425 e. The molecule has 0 aromatic carbocycles. The Morgan fingerprint density at radius 3 is 1.75 bits per heavy atom. The monoisotopic (exact) mass is 235 g/mol. The fourth-order valence-corrected chi connectivity index (χ4v) is 1.01. The molecule has 0 fully saturated rings. The van der Waals surface area contributed by atoms with Gasteiger partial charge in [0.2, 0.25) is 0 Å². The lowest BCUT2D eigenvalue weighted by molar-refractivity contribution is -0.244. The van der Waals surface area contributed by atoms with Crippen molar-refractivity contribution in [3.8, 4) is 0 Å². The summed E-state index contributed by atoms with van der Waals surface area (Å²) in [6.45, 7) is 1.66. The maximum absolute atomic E-state index is 11.0. The second-order valence-corrected chi connectivity index (χ2v) is 3.03. The molecule has 0 aromatic rings. The van der Waals surface area contributed by atoms with Gasteiger partial charge in [-0.1, -0.05) is 6.92 Å². The van der Waals surface area contributed by atoms with E-state index in [1.165, 1.54) is 4.90 Å². The van der Waals surface area contributed by atoms with Crippen molar-refractivity contribution in [2.75, 3.05) is 14.1 Å². The van der Waals surface area contributed by atoms with Crippen molar-refractivity contribution in [3.05, 3.63) is 0 Å². The number of amides is 2. The third-order valence-corrected chi connectivity index (χ3v) is 1.87. The van der Waals surface area contributed by atoms with Crippen LogP contribution in [0, 0.1) is 0 Å². The molecule has 2 amide bonds. The predicted octanol–water partition coefficient (Wildman–Crippen LogP) is -1.19. The molecular formula is C7H17N5O4. The van der Waals surface area contributed by atoms with E-state index < -0.39 is 18.1 Å². The van der Waals surface area contributed by atoms with Crippen molar-refractivity contribution in [1.29, 1.82) is 0 Å². The third-order valence-electron chi connectivity index (χ3n) is 1.87. The summed E-state index contributed by atoms with van der Waals surface area (Å²) in [4.78, 5) is 23.5. The van der Waals surface area contributed by atoms with E-state index in [9.17, 15) is 9.59 Å². The molecule has 9 nitrogen and oxygen atoms in total. The van der Waals surface area contributed by atoms with Gasteiger partial charge < -0.3 is 9.47 Å². The lowest BCUT2D eigenvalue weighted by Crippen LogP contribution is -2.55. The average Bonchev–Trinajstić information content (AvgIpc) is 2.27. The van der Waals surface area contributed by atoms with Crippen molar-refractivity contribution in [1.82, 2.24) is 15.8 Å². The van der Waals surface area contributed by atoms with Gasteiger partial charge in [0, 0.05) is 6.42 Å². The van der Waals surface area contributed by atoms with Crippen LogP contribution in [-0.2, 0) is 9.47 Å². The minimum atomic E-state index is -1.56. The summed E-state index contributed by atoms with van der Waals surface area (Å²) in [5.74, 6) is 8.18. The number of nitrogens with two attached hydrogens (primary N) is 2. The van der Waals surface area contributed by atoms with Crippen molar-refractivity contribution in [2.24, 2.45) is 11.7 Å². The second kappa shape index (κ2) is 6.10. The van der Waals surface area contributed by atoms with Crippen molar-refractivity contribution in [2.45, 2.75) is 19.3 Å². The fourth-order valence-electron chi connectivity index (χ4n) is 1.01. The van der Waals surface area contributed by atoms with Crippen molar-refractivity contribution >= 4 is 12.2 Å². The number of nitrogens with zero attached hydrogens (tertiary/aromatic N) is 1. The van der Waals surface area contributed by atoms with Gasteiger partial charge in [-0.05, 0) is 14.1 Å². The minimum absolute atomic E-state index is 0.195. The van der Waals surface area contributed by atoms with E-state index in [1.54, 1.807) is 31.9 Å². The lowest BCUT2D eigenvalue weighted by Gasteiger charge is -2.36. The van der Waals surface area contributed by atoms with E-state index in [0.717, 1.165) is 0 Å². The van der Waals surface area contributed by atoms with E-state index >= 15 is 0 Å². The molecule has 0 aliphatic heterocycles. The normalized spacial score (nSPS) is 10.9. The molecule has 0 aliphatic rings.